The molecule has 2 aromatic carbocycles. The summed E-state index contributed by atoms with van der Waals surface area (Å²) in [5.41, 5.74) is 1.72. The van der Waals surface area contributed by atoms with Gasteiger partial charge in [-0.3, -0.25) is 4.68 Å². The summed E-state index contributed by atoms with van der Waals surface area (Å²) in [6, 6.07) is 9.44. The van der Waals surface area contributed by atoms with Gasteiger partial charge in [-0.25, -0.2) is 13.6 Å². The van der Waals surface area contributed by atoms with Crippen LogP contribution in [0.15, 0.2) is 54.9 Å². The van der Waals surface area contributed by atoms with Crippen molar-refractivity contribution in [3.05, 3.63) is 77.1 Å². The van der Waals surface area contributed by atoms with Gasteiger partial charge in [-0.2, -0.15) is 5.10 Å². The minimum absolute atomic E-state index is 0.0788. The highest BCUT2D eigenvalue weighted by Gasteiger charge is 2.07. The molecule has 0 saturated heterocycles. The molecular formula is C17H13ClF2N4O. The number of halogens is 3. The fraction of sp³-hybridized carbons (Fsp3) is 0.0588. The average molecular weight is 363 g/mol. The van der Waals surface area contributed by atoms with Gasteiger partial charge in [-0.05, 0) is 35.9 Å². The van der Waals surface area contributed by atoms with Crippen LogP contribution in [0.1, 0.15) is 5.56 Å². The van der Waals surface area contributed by atoms with Crippen LogP contribution in [0, 0.1) is 11.6 Å². The Morgan fingerprint density at radius 1 is 1.08 bits per heavy atom. The predicted molar refractivity (Wildman–Crippen MR) is 91.8 cm³/mol. The van der Waals surface area contributed by atoms with E-state index in [2.05, 4.69) is 15.7 Å². The number of hydrogen-bond donors (Lipinski definition) is 2. The van der Waals surface area contributed by atoms with Crippen molar-refractivity contribution in [3.63, 3.8) is 0 Å². The molecule has 0 aliphatic carbocycles. The van der Waals surface area contributed by atoms with E-state index in [9.17, 15) is 13.6 Å². The Balaban J connectivity index is 1.59. The van der Waals surface area contributed by atoms with E-state index in [4.69, 9.17) is 11.6 Å². The first kappa shape index (κ1) is 16.9. The second-order valence-electron chi connectivity index (χ2n) is 5.26. The molecule has 2 amide bonds. The van der Waals surface area contributed by atoms with Gasteiger partial charge in [0.25, 0.3) is 0 Å². The maximum Gasteiger partial charge on any atom is 0.323 e. The number of hydrogen-bond acceptors (Lipinski definition) is 2. The summed E-state index contributed by atoms with van der Waals surface area (Å²) in [6.07, 6.45) is 3.13. The second-order valence-corrected chi connectivity index (χ2v) is 5.67. The number of carbonyl (C=O) groups excluding carboxylic acids is 1. The first-order valence-corrected chi connectivity index (χ1v) is 7.67. The van der Waals surface area contributed by atoms with Crippen molar-refractivity contribution in [2.24, 2.45) is 0 Å². The lowest BCUT2D eigenvalue weighted by Gasteiger charge is -2.06. The number of rotatable bonds is 4. The fourth-order valence-electron chi connectivity index (χ4n) is 2.16. The number of benzene rings is 2. The van der Waals surface area contributed by atoms with Gasteiger partial charge in [0.1, 0.15) is 11.6 Å². The maximum absolute atomic E-state index is 13.1. The summed E-state index contributed by atoms with van der Waals surface area (Å²) >= 11 is 5.66. The van der Waals surface area contributed by atoms with Crippen LogP contribution >= 0.6 is 11.6 Å². The first-order chi connectivity index (χ1) is 12.0. The Labute approximate surface area is 147 Å². The molecule has 0 fully saturated rings. The minimum Gasteiger partial charge on any atom is -0.308 e. The molecule has 25 heavy (non-hydrogen) atoms. The van der Waals surface area contributed by atoms with E-state index in [1.54, 1.807) is 23.0 Å². The summed E-state index contributed by atoms with van der Waals surface area (Å²) in [5, 5.41) is 9.20. The number of carbonyl (C=O) groups is 1. The number of anilines is 2. The van der Waals surface area contributed by atoms with Crippen LogP contribution in [0.5, 0.6) is 0 Å². The summed E-state index contributed by atoms with van der Waals surface area (Å²) in [6.45, 7) is 0.442. The van der Waals surface area contributed by atoms with Crippen molar-refractivity contribution in [2.45, 2.75) is 6.54 Å². The normalized spacial score (nSPS) is 10.5. The predicted octanol–water partition coefficient (Wildman–Crippen LogP) is 4.51. The van der Waals surface area contributed by atoms with Crippen molar-refractivity contribution < 1.29 is 13.6 Å². The Morgan fingerprint density at radius 3 is 2.52 bits per heavy atom. The monoisotopic (exact) mass is 362 g/mol. The van der Waals surface area contributed by atoms with Crippen LogP contribution in [0.2, 0.25) is 5.02 Å². The SMILES string of the molecule is O=C(Nc1ccc(F)c(Cl)c1)Nc1cnn(Cc2ccc(F)cc2)c1. The third kappa shape index (κ3) is 4.54. The van der Waals surface area contributed by atoms with E-state index in [-0.39, 0.29) is 10.8 Å². The van der Waals surface area contributed by atoms with Crippen molar-refractivity contribution in [1.82, 2.24) is 9.78 Å². The fourth-order valence-corrected chi connectivity index (χ4v) is 2.34. The van der Waals surface area contributed by atoms with Crippen molar-refractivity contribution in [2.75, 3.05) is 10.6 Å². The molecule has 0 aliphatic heterocycles. The van der Waals surface area contributed by atoms with Crippen molar-refractivity contribution >= 4 is 29.0 Å². The molecule has 0 spiro atoms. The molecule has 0 atom stereocenters. The zero-order valence-electron chi connectivity index (χ0n) is 12.8. The van der Waals surface area contributed by atoms with E-state index < -0.39 is 11.8 Å². The summed E-state index contributed by atoms with van der Waals surface area (Å²) in [4.78, 5) is 11.9. The van der Waals surface area contributed by atoms with Gasteiger partial charge in [0.2, 0.25) is 0 Å². The van der Waals surface area contributed by atoms with Crippen LogP contribution in [-0.2, 0) is 6.54 Å². The summed E-state index contributed by atoms with van der Waals surface area (Å²) in [5.74, 6) is -0.862. The largest absolute Gasteiger partial charge is 0.323 e. The highest BCUT2D eigenvalue weighted by atomic mass is 35.5. The van der Waals surface area contributed by atoms with Gasteiger partial charge in [-0.1, -0.05) is 23.7 Å². The third-order valence-corrected chi connectivity index (χ3v) is 3.62. The number of urea groups is 1. The Hall–Kier alpha value is -2.93. The topological polar surface area (TPSA) is 59.0 Å². The van der Waals surface area contributed by atoms with Crippen LogP contribution in [0.3, 0.4) is 0 Å². The molecule has 0 bridgehead atoms. The van der Waals surface area contributed by atoms with Crippen LogP contribution in [0.4, 0.5) is 25.0 Å². The van der Waals surface area contributed by atoms with E-state index in [1.807, 2.05) is 0 Å². The van der Waals surface area contributed by atoms with E-state index in [0.29, 0.717) is 17.9 Å². The van der Waals surface area contributed by atoms with Gasteiger partial charge < -0.3 is 10.6 Å². The van der Waals surface area contributed by atoms with Crippen molar-refractivity contribution in [1.29, 1.82) is 0 Å². The zero-order chi connectivity index (χ0) is 17.8. The number of nitrogens with zero attached hydrogens (tertiary/aromatic N) is 2. The Kier molecular flexibility index (Phi) is 4.95. The molecule has 128 valence electrons. The van der Waals surface area contributed by atoms with E-state index in [1.165, 1.54) is 36.5 Å². The average Bonchev–Trinajstić information content (AvgIpc) is 3.00. The van der Waals surface area contributed by atoms with Gasteiger partial charge in [0.15, 0.2) is 0 Å². The standard InChI is InChI=1S/C17H13ClF2N4O/c18-15-7-13(5-6-16(15)20)22-17(25)23-14-8-21-24(10-14)9-11-1-3-12(19)4-2-11/h1-8,10H,9H2,(H2,22,23,25). The molecule has 3 rings (SSSR count). The maximum atomic E-state index is 13.1. The van der Waals surface area contributed by atoms with E-state index in [0.717, 1.165) is 5.56 Å². The second kappa shape index (κ2) is 7.31. The summed E-state index contributed by atoms with van der Waals surface area (Å²) in [7, 11) is 0. The van der Waals surface area contributed by atoms with Crippen LogP contribution in [0.25, 0.3) is 0 Å². The van der Waals surface area contributed by atoms with E-state index >= 15 is 0 Å². The number of nitrogens with one attached hydrogen (secondary N) is 2. The highest BCUT2D eigenvalue weighted by Crippen LogP contribution is 2.19. The lowest BCUT2D eigenvalue weighted by atomic mass is 10.2. The van der Waals surface area contributed by atoms with Gasteiger partial charge in [0.05, 0.1) is 23.5 Å². The molecule has 0 unspecified atom stereocenters. The molecule has 1 heterocycles. The lowest BCUT2D eigenvalue weighted by Crippen LogP contribution is -2.19. The van der Waals surface area contributed by atoms with Crippen molar-refractivity contribution in [3.8, 4) is 0 Å². The highest BCUT2D eigenvalue weighted by molar-refractivity contribution is 6.31. The van der Waals surface area contributed by atoms with Gasteiger partial charge >= 0.3 is 6.03 Å². The quantitative estimate of drug-likeness (QED) is 0.717. The molecule has 5 nitrogen and oxygen atoms in total. The lowest BCUT2D eigenvalue weighted by molar-refractivity contribution is 0.262. The Bertz CT molecular complexity index is 896. The third-order valence-electron chi connectivity index (χ3n) is 3.33. The summed E-state index contributed by atoms with van der Waals surface area (Å²) < 4.78 is 27.6. The molecule has 1 aromatic heterocycles. The van der Waals surface area contributed by atoms with Gasteiger partial charge in [-0.15, -0.1) is 0 Å². The molecular weight excluding hydrogens is 350 g/mol. The molecule has 8 heteroatoms. The first-order valence-electron chi connectivity index (χ1n) is 7.29. The molecule has 0 radical (unpaired) electrons. The zero-order valence-corrected chi connectivity index (χ0v) is 13.6. The minimum atomic E-state index is -0.560. The van der Waals surface area contributed by atoms with Crippen LogP contribution in [-0.4, -0.2) is 15.8 Å². The number of amides is 2. The van der Waals surface area contributed by atoms with Gasteiger partial charge in [0, 0.05) is 11.9 Å². The smallest absolute Gasteiger partial charge is 0.308 e. The molecule has 2 N–H and O–H groups in total. The molecule has 3 aromatic rings. The molecule has 0 aliphatic rings. The molecule has 0 saturated carbocycles. The van der Waals surface area contributed by atoms with Crippen LogP contribution < -0.4 is 10.6 Å². The Morgan fingerprint density at radius 2 is 1.80 bits per heavy atom. The number of aromatic nitrogens is 2.